The van der Waals surface area contributed by atoms with Crippen molar-refractivity contribution in [3.8, 4) is 0 Å². The summed E-state index contributed by atoms with van der Waals surface area (Å²) in [5, 5.41) is 4.07. The van der Waals surface area contributed by atoms with E-state index in [1.165, 1.54) is 33.8 Å². The number of aryl methyl sites for hydroxylation is 1. The summed E-state index contributed by atoms with van der Waals surface area (Å²) < 4.78 is 31.8. The number of piperidine rings is 1. The van der Waals surface area contributed by atoms with Crippen molar-refractivity contribution in [1.29, 1.82) is 0 Å². The second-order valence-corrected chi connectivity index (χ2v) is 11.6. The standard InChI is InChI=1S/C24H36N6O4S/c1-19-5-6-20(21(17-19)28-13-15-34-16-14-28)18-27(3)24(2)8-11-29(12-9-24)23(31)30-10-7-22(25-30)26-35(4,32)33/h5-7,10,17H,8-9,11-16,18H2,1-4H3,(H,25,26). The largest absolute Gasteiger partial charge is 0.378 e. The van der Waals surface area contributed by atoms with Gasteiger partial charge < -0.3 is 14.5 Å². The number of likely N-dealkylation sites (tertiary alicyclic amines) is 1. The molecule has 2 saturated heterocycles. The highest BCUT2D eigenvalue weighted by Gasteiger charge is 2.36. The molecule has 1 amide bonds. The number of sulfonamides is 1. The van der Waals surface area contributed by atoms with Crippen LogP contribution in [0.25, 0.3) is 0 Å². The van der Waals surface area contributed by atoms with E-state index in [0.717, 1.165) is 51.9 Å². The highest BCUT2D eigenvalue weighted by molar-refractivity contribution is 7.92. The Morgan fingerprint density at radius 3 is 2.51 bits per heavy atom. The van der Waals surface area contributed by atoms with Crippen LogP contribution in [0, 0.1) is 6.92 Å². The first kappa shape index (κ1) is 25.5. The van der Waals surface area contributed by atoms with Gasteiger partial charge in [0.1, 0.15) is 0 Å². The van der Waals surface area contributed by atoms with Crippen molar-refractivity contribution in [3.05, 3.63) is 41.6 Å². The molecule has 1 aromatic heterocycles. The van der Waals surface area contributed by atoms with Crippen molar-refractivity contribution in [3.63, 3.8) is 0 Å². The van der Waals surface area contributed by atoms with Crippen LogP contribution in [0.3, 0.4) is 0 Å². The minimum atomic E-state index is -3.44. The van der Waals surface area contributed by atoms with Gasteiger partial charge in [-0.3, -0.25) is 9.62 Å². The molecule has 2 aromatic rings. The molecule has 0 bridgehead atoms. The number of aromatic nitrogens is 2. The normalized spacial score (nSPS) is 18.7. The monoisotopic (exact) mass is 504 g/mol. The number of ether oxygens (including phenoxy) is 1. The van der Waals surface area contributed by atoms with Gasteiger partial charge in [0, 0.05) is 56.2 Å². The molecule has 2 fully saturated rings. The van der Waals surface area contributed by atoms with Gasteiger partial charge in [-0.05, 0) is 50.9 Å². The maximum Gasteiger partial charge on any atom is 0.344 e. The summed E-state index contributed by atoms with van der Waals surface area (Å²) in [5.41, 5.74) is 3.80. The number of amides is 1. The van der Waals surface area contributed by atoms with E-state index < -0.39 is 10.0 Å². The van der Waals surface area contributed by atoms with Crippen molar-refractivity contribution in [2.45, 2.75) is 38.8 Å². The average Bonchev–Trinajstić information content (AvgIpc) is 3.27. The molecule has 2 aliphatic heterocycles. The van der Waals surface area contributed by atoms with Gasteiger partial charge >= 0.3 is 6.03 Å². The predicted octanol–water partition coefficient (Wildman–Crippen LogP) is 2.35. The summed E-state index contributed by atoms with van der Waals surface area (Å²) in [7, 11) is -1.28. The van der Waals surface area contributed by atoms with Crippen LogP contribution in [0.15, 0.2) is 30.5 Å². The molecule has 0 saturated carbocycles. The lowest BCUT2D eigenvalue weighted by atomic mass is 9.87. The fraction of sp³-hybridized carbons (Fsp3) is 0.583. The third-order valence-corrected chi connectivity index (χ3v) is 7.69. The fourth-order valence-corrected chi connectivity index (χ4v) is 5.22. The maximum atomic E-state index is 12.9. The Morgan fingerprint density at radius 1 is 1.17 bits per heavy atom. The summed E-state index contributed by atoms with van der Waals surface area (Å²) >= 11 is 0. The van der Waals surface area contributed by atoms with Crippen LogP contribution < -0.4 is 9.62 Å². The lowest BCUT2D eigenvalue weighted by molar-refractivity contribution is 0.0585. The van der Waals surface area contributed by atoms with Crippen LogP contribution in [0.1, 0.15) is 30.9 Å². The maximum absolute atomic E-state index is 12.9. The smallest absolute Gasteiger partial charge is 0.344 e. The number of rotatable bonds is 6. The Kier molecular flexibility index (Phi) is 7.39. The minimum absolute atomic E-state index is 0.0446. The molecule has 1 aromatic carbocycles. The van der Waals surface area contributed by atoms with E-state index in [1.54, 1.807) is 4.90 Å². The highest BCUT2D eigenvalue weighted by Crippen LogP contribution is 2.32. The second kappa shape index (κ2) is 10.2. The Bertz CT molecular complexity index is 1150. The lowest BCUT2D eigenvalue weighted by Crippen LogP contribution is -2.53. The number of nitrogens with one attached hydrogen (secondary N) is 1. The molecule has 35 heavy (non-hydrogen) atoms. The molecule has 10 nitrogen and oxygen atoms in total. The van der Waals surface area contributed by atoms with Crippen molar-refractivity contribution in [2.75, 3.05) is 62.3 Å². The molecule has 0 unspecified atom stereocenters. The third kappa shape index (κ3) is 6.14. The first-order chi connectivity index (χ1) is 16.5. The van der Waals surface area contributed by atoms with Crippen molar-refractivity contribution < 1.29 is 17.9 Å². The van der Waals surface area contributed by atoms with E-state index in [2.05, 4.69) is 58.7 Å². The molecule has 2 aliphatic rings. The number of carbonyl (C=O) groups excluding carboxylic acids is 1. The topological polar surface area (TPSA) is 100 Å². The molecule has 11 heteroatoms. The number of hydrogen-bond donors (Lipinski definition) is 1. The molecule has 192 valence electrons. The van der Waals surface area contributed by atoms with Gasteiger partial charge in [0.15, 0.2) is 5.82 Å². The molecular weight excluding hydrogens is 468 g/mol. The van der Waals surface area contributed by atoms with E-state index in [-0.39, 0.29) is 17.4 Å². The Balaban J connectivity index is 1.39. The average molecular weight is 505 g/mol. The molecular formula is C24H36N6O4S. The van der Waals surface area contributed by atoms with Crippen LogP contribution >= 0.6 is 0 Å². The summed E-state index contributed by atoms with van der Waals surface area (Å²) in [4.78, 5) is 19.5. The number of anilines is 2. The summed E-state index contributed by atoms with van der Waals surface area (Å²) in [6.45, 7) is 9.77. The van der Waals surface area contributed by atoms with E-state index in [4.69, 9.17) is 4.74 Å². The molecule has 1 N–H and O–H groups in total. The Hall–Kier alpha value is -2.63. The van der Waals surface area contributed by atoms with Crippen molar-refractivity contribution >= 4 is 27.6 Å². The van der Waals surface area contributed by atoms with Crippen molar-refractivity contribution in [1.82, 2.24) is 19.6 Å². The van der Waals surface area contributed by atoms with Gasteiger partial charge in [0.05, 0.1) is 19.5 Å². The molecule has 4 rings (SSSR count). The van der Waals surface area contributed by atoms with Gasteiger partial charge in [0.25, 0.3) is 0 Å². The SMILES string of the molecule is Cc1ccc(CN(C)C2(C)CCN(C(=O)n3ccc(NS(C)(=O)=O)n3)CC2)c(N2CCOCC2)c1. The van der Waals surface area contributed by atoms with Gasteiger partial charge in [-0.15, -0.1) is 5.10 Å². The van der Waals surface area contributed by atoms with E-state index in [0.29, 0.717) is 13.1 Å². The van der Waals surface area contributed by atoms with Gasteiger partial charge in [-0.1, -0.05) is 12.1 Å². The summed E-state index contributed by atoms with van der Waals surface area (Å²) in [6.07, 6.45) is 4.21. The molecule has 0 radical (unpaired) electrons. The summed E-state index contributed by atoms with van der Waals surface area (Å²) in [6, 6.07) is 7.92. The molecule has 0 spiro atoms. The minimum Gasteiger partial charge on any atom is -0.378 e. The van der Waals surface area contributed by atoms with Crippen LogP contribution in [0.2, 0.25) is 0 Å². The molecule has 0 atom stereocenters. The number of hydrogen-bond acceptors (Lipinski definition) is 7. The van der Waals surface area contributed by atoms with Gasteiger partial charge in [-0.2, -0.15) is 4.68 Å². The Labute approximate surface area is 207 Å². The zero-order valence-electron chi connectivity index (χ0n) is 21.0. The first-order valence-electron chi connectivity index (χ1n) is 12.0. The van der Waals surface area contributed by atoms with Crippen LogP contribution in [-0.4, -0.2) is 92.3 Å². The predicted molar refractivity (Wildman–Crippen MR) is 136 cm³/mol. The quantitative estimate of drug-likeness (QED) is 0.645. The number of benzene rings is 1. The van der Waals surface area contributed by atoms with Crippen molar-refractivity contribution in [2.24, 2.45) is 0 Å². The fourth-order valence-electron chi connectivity index (χ4n) is 4.73. The van der Waals surface area contributed by atoms with Crippen LogP contribution in [0.5, 0.6) is 0 Å². The number of morpholine rings is 1. The third-order valence-electron chi connectivity index (χ3n) is 7.11. The van der Waals surface area contributed by atoms with Crippen LogP contribution in [-0.2, 0) is 21.3 Å². The molecule has 3 heterocycles. The van der Waals surface area contributed by atoms with E-state index in [1.807, 2.05) is 0 Å². The van der Waals surface area contributed by atoms with Gasteiger partial charge in [0.2, 0.25) is 10.0 Å². The van der Waals surface area contributed by atoms with Gasteiger partial charge in [-0.25, -0.2) is 13.2 Å². The zero-order chi connectivity index (χ0) is 25.2. The second-order valence-electron chi connectivity index (χ2n) is 9.87. The number of nitrogens with zero attached hydrogens (tertiary/aromatic N) is 5. The first-order valence-corrected chi connectivity index (χ1v) is 13.9. The zero-order valence-corrected chi connectivity index (χ0v) is 21.8. The van der Waals surface area contributed by atoms with E-state index in [9.17, 15) is 13.2 Å². The Morgan fingerprint density at radius 2 is 1.86 bits per heavy atom. The lowest BCUT2D eigenvalue weighted by Gasteiger charge is -2.45. The summed E-state index contributed by atoms with van der Waals surface area (Å²) in [5.74, 6) is 0.136. The van der Waals surface area contributed by atoms with Crippen LogP contribution in [0.4, 0.5) is 16.3 Å². The molecule has 0 aliphatic carbocycles. The van der Waals surface area contributed by atoms with E-state index >= 15 is 0 Å². The number of carbonyl (C=O) groups is 1. The highest BCUT2D eigenvalue weighted by atomic mass is 32.2.